The van der Waals surface area contributed by atoms with Crippen LogP contribution in [0.25, 0.3) is 0 Å². The number of rotatable bonds is 6. The van der Waals surface area contributed by atoms with Gasteiger partial charge in [-0.1, -0.05) is 24.3 Å². The average Bonchev–Trinajstić information content (AvgIpc) is 2.46. The molecule has 6 heteroatoms. The highest BCUT2D eigenvalue weighted by molar-refractivity contribution is 7.90. The van der Waals surface area contributed by atoms with Crippen molar-refractivity contribution >= 4 is 15.5 Å². The van der Waals surface area contributed by atoms with E-state index in [-0.39, 0.29) is 5.03 Å². The fourth-order valence-electron chi connectivity index (χ4n) is 1.83. The van der Waals surface area contributed by atoms with Crippen molar-refractivity contribution in [2.75, 3.05) is 18.7 Å². The van der Waals surface area contributed by atoms with E-state index in [1.165, 1.54) is 12.3 Å². The molecule has 2 aromatic rings. The highest BCUT2D eigenvalue weighted by Gasteiger charge is 2.07. The number of nitrogens with one attached hydrogen (secondary N) is 1. The van der Waals surface area contributed by atoms with Crippen molar-refractivity contribution in [1.82, 2.24) is 4.98 Å². The first kappa shape index (κ1) is 15.5. The Bertz CT molecular complexity index is 680. The zero-order chi connectivity index (χ0) is 15.3. The summed E-state index contributed by atoms with van der Waals surface area (Å²) in [6.45, 7) is 1.25. The van der Waals surface area contributed by atoms with E-state index in [4.69, 9.17) is 4.74 Å². The molecule has 0 spiro atoms. The first-order chi connectivity index (χ1) is 9.99. The molecule has 0 bridgehead atoms. The molecule has 0 aliphatic heterocycles. The fraction of sp³-hybridized carbons (Fsp3) is 0.267. The van der Waals surface area contributed by atoms with Gasteiger partial charge >= 0.3 is 0 Å². The summed E-state index contributed by atoms with van der Waals surface area (Å²) >= 11 is 0. The smallest absolute Gasteiger partial charge is 0.192 e. The molecule has 0 aliphatic rings. The second-order valence-electron chi connectivity index (χ2n) is 4.76. The van der Waals surface area contributed by atoms with Crippen molar-refractivity contribution < 1.29 is 13.2 Å². The first-order valence-electron chi connectivity index (χ1n) is 6.46. The molecule has 112 valence electrons. The second kappa shape index (κ2) is 6.69. The molecule has 5 nitrogen and oxygen atoms in total. The van der Waals surface area contributed by atoms with Crippen LogP contribution in [0.3, 0.4) is 0 Å². The van der Waals surface area contributed by atoms with Gasteiger partial charge in [-0.2, -0.15) is 0 Å². The molecule has 0 saturated heterocycles. The summed E-state index contributed by atoms with van der Waals surface area (Å²) in [4.78, 5) is 3.93. The van der Waals surface area contributed by atoms with Crippen molar-refractivity contribution in [2.45, 2.75) is 18.2 Å². The highest BCUT2D eigenvalue weighted by atomic mass is 32.2. The number of benzene rings is 1. The van der Waals surface area contributed by atoms with Crippen LogP contribution in [0, 0.1) is 0 Å². The molecule has 0 unspecified atom stereocenters. The zero-order valence-electron chi connectivity index (χ0n) is 12.0. The standard InChI is InChI=1S/C15H18N2O3S/c1-20-11-13-5-3-12(4-6-13)9-16-14-7-8-15(17-10-14)21(2,18)19/h3-8,10,16H,9,11H2,1-2H3. The van der Waals surface area contributed by atoms with Gasteiger partial charge in [-0.05, 0) is 23.3 Å². The van der Waals surface area contributed by atoms with Gasteiger partial charge in [0.25, 0.3) is 0 Å². The molecule has 0 radical (unpaired) electrons. The lowest BCUT2D eigenvalue weighted by Gasteiger charge is -2.07. The Balaban J connectivity index is 1.96. The Kier molecular flexibility index (Phi) is 4.93. The SMILES string of the molecule is COCc1ccc(CNc2ccc(S(C)(=O)=O)nc2)cc1. The molecular formula is C15H18N2O3S. The van der Waals surface area contributed by atoms with Crippen molar-refractivity contribution in [3.8, 4) is 0 Å². The maximum atomic E-state index is 11.3. The van der Waals surface area contributed by atoms with Gasteiger partial charge in [0.05, 0.1) is 18.5 Å². The number of hydrogen-bond acceptors (Lipinski definition) is 5. The van der Waals surface area contributed by atoms with Gasteiger partial charge in [-0.15, -0.1) is 0 Å². The summed E-state index contributed by atoms with van der Waals surface area (Å²) in [5.74, 6) is 0. The third-order valence-electron chi connectivity index (χ3n) is 2.95. The van der Waals surface area contributed by atoms with Crippen molar-refractivity contribution in [2.24, 2.45) is 0 Å². The molecule has 0 saturated carbocycles. The van der Waals surface area contributed by atoms with E-state index in [9.17, 15) is 8.42 Å². The molecule has 0 amide bonds. The number of aromatic nitrogens is 1. The molecule has 21 heavy (non-hydrogen) atoms. The van der Waals surface area contributed by atoms with Crippen LogP contribution in [0.2, 0.25) is 0 Å². The first-order valence-corrected chi connectivity index (χ1v) is 8.35. The van der Waals surface area contributed by atoms with E-state index in [1.807, 2.05) is 24.3 Å². The van der Waals surface area contributed by atoms with E-state index >= 15 is 0 Å². The quantitative estimate of drug-likeness (QED) is 0.886. The summed E-state index contributed by atoms with van der Waals surface area (Å²) in [5, 5.41) is 3.28. The third kappa shape index (κ3) is 4.54. The number of methoxy groups -OCH3 is 1. The van der Waals surface area contributed by atoms with Gasteiger partial charge in [0.15, 0.2) is 14.9 Å². The minimum Gasteiger partial charge on any atom is -0.380 e. The second-order valence-corrected chi connectivity index (χ2v) is 6.72. The van der Waals surface area contributed by atoms with Crippen LogP contribution >= 0.6 is 0 Å². The average molecular weight is 306 g/mol. The number of hydrogen-bond donors (Lipinski definition) is 1. The zero-order valence-corrected chi connectivity index (χ0v) is 12.9. The van der Waals surface area contributed by atoms with Crippen LogP contribution < -0.4 is 5.32 Å². The maximum Gasteiger partial charge on any atom is 0.192 e. The Morgan fingerprint density at radius 3 is 2.29 bits per heavy atom. The van der Waals surface area contributed by atoms with Gasteiger partial charge in [-0.3, -0.25) is 0 Å². The molecule has 1 N–H and O–H groups in total. The number of anilines is 1. The predicted molar refractivity (Wildman–Crippen MR) is 81.8 cm³/mol. The third-order valence-corrected chi connectivity index (χ3v) is 3.95. The van der Waals surface area contributed by atoms with Gasteiger partial charge < -0.3 is 10.1 Å². The topological polar surface area (TPSA) is 68.3 Å². The summed E-state index contributed by atoms with van der Waals surface area (Å²) in [5.41, 5.74) is 3.03. The van der Waals surface area contributed by atoms with Crippen molar-refractivity contribution in [1.29, 1.82) is 0 Å². The van der Waals surface area contributed by atoms with E-state index in [2.05, 4.69) is 10.3 Å². The van der Waals surface area contributed by atoms with Gasteiger partial charge in [0.2, 0.25) is 0 Å². The monoisotopic (exact) mass is 306 g/mol. The molecule has 2 rings (SSSR count). The highest BCUT2D eigenvalue weighted by Crippen LogP contribution is 2.12. The van der Waals surface area contributed by atoms with Gasteiger partial charge in [-0.25, -0.2) is 13.4 Å². The predicted octanol–water partition coefficient (Wildman–Crippen LogP) is 2.24. The van der Waals surface area contributed by atoms with Crippen LogP contribution in [0.15, 0.2) is 47.6 Å². The summed E-state index contributed by atoms with van der Waals surface area (Å²) in [7, 11) is -1.58. The summed E-state index contributed by atoms with van der Waals surface area (Å²) < 4.78 is 27.7. The van der Waals surface area contributed by atoms with Crippen LogP contribution in [0.4, 0.5) is 5.69 Å². The minimum absolute atomic E-state index is 0.0805. The molecule has 0 aliphatic carbocycles. The lowest BCUT2D eigenvalue weighted by molar-refractivity contribution is 0.185. The van der Waals surface area contributed by atoms with E-state index in [0.717, 1.165) is 23.1 Å². The molecule has 0 atom stereocenters. The van der Waals surface area contributed by atoms with E-state index in [0.29, 0.717) is 13.2 Å². The van der Waals surface area contributed by atoms with E-state index in [1.54, 1.807) is 13.2 Å². The number of pyridine rings is 1. The van der Waals surface area contributed by atoms with E-state index < -0.39 is 9.84 Å². The number of sulfone groups is 1. The number of ether oxygens (including phenoxy) is 1. The minimum atomic E-state index is -3.25. The van der Waals surface area contributed by atoms with Crippen molar-refractivity contribution in [3.63, 3.8) is 0 Å². The molecule has 1 aromatic heterocycles. The Morgan fingerprint density at radius 1 is 1.10 bits per heavy atom. The normalized spacial score (nSPS) is 11.3. The van der Waals surface area contributed by atoms with Gasteiger partial charge in [0, 0.05) is 19.9 Å². The lowest BCUT2D eigenvalue weighted by Crippen LogP contribution is -2.03. The largest absolute Gasteiger partial charge is 0.380 e. The Hall–Kier alpha value is -1.92. The lowest BCUT2D eigenvalue weighted by atomic mass is 10.1. The maximum absolute atomic E-state index is 11.3. The Labute approximate surface area is 124 Å². The fourth-order valence-corrected chi connectivity index (χ4v) is 2.39. The molecule has 1 heterocycles. The van der Waals surface area contributed by atoms with Crippen molar-refractivity contribution in [3.05, 3.63) is 53.7 Å². The van der Waals surface area contributed by atoms with Crippen LogP contribution in [-0.4, -0.2) is 26.8 Å². The van der Waals surface area contributed by atoms with Crippen LogP contribution in [0.1, 0.15) is 11.1 Å². The molecule has 0 fully saturated rings. The van der Waals surface area contributed by atoms with Crippen LogP contribution in [-0.2, 0) is 27.7 Å². The molecule has 1 aromatic carbocycles. The number of nitrogens with zero attached hydrogens (tertiary/aromatic N) is 1. The molecular weight excluding hydrogens is 288 g/mol. The van der Waals surface area contributed by atoms with Gasteiger partial charge in [0.1, 0.15) is 0 Å². The Morgan fingerprint density at radius 2 is 1.76 bits per heavy atom. The summed E-state index contributed by atoms with van der Waals surface area (Å²) in [6.07, 6.45) is 2.67. The van der Waals surface area contributed by atoms with Crippen LogP contribution in [0.5, 0.6) is 0 Å². The summed E-state index contributed by atoms with van der Waals surface area (Å²) in [6, 6.07) is 11.3.